The van der Waals surface area contributed by atoms with Crippen molar-refractivity contribution in [3.8, 4) is 5.75 Å². The van der Waals surface area contributed by atoms with Crippen LogP contribution < -0.4 is 15.4 Å². The van der Waals surface area contributed by atoms with Crippen LogP contribution in [-0.4, -0.2) is 31.8 Å². The van der Waals surface area contributed by atoms with Gasteiger partial charge < -0.3 is 20.1 Å². The van der Waals surface area contributed by atoms with Crippen molar-refractivity contribution in [2.45, 2.75) is 32.4 Å². The Balaban J connectivity index is 1.63. The summed E-state index contributed by atoms with van der Waals surface area (Å²) in [4.78, 5) is 11.4. The Morgan fingerprint density at radius 2 is 2.33 bits per heavy atom. The number of nitrogens with one attached hydrogen (secondary N) is 2. The van der Waals surface area contributed by atoms with E-state index in [1.54, 1.807) is 0 Å². The normalized spacial score (nSPS) is 25.9. The number of hydrogen-bond donors (Lipinski definition) is 2. The van der Waals surface area contributed by atoms with E-state index in [1.165, 1.54) is 0 Å². The SMILES string of the molecule is CC(NCC1CCOC1C)c1ccc2c(c1)NC(=O)CO2. The zero-order valence-electron chi connectivity index (χ0n) is 12.5. The highest BCUT2D eigenvalue weighted by Gasteiger charge is 2.24. The predicted molar refractivity (Wildman–Crippen MR) is 80.5 cm³/mol. The quantitative estimate of drug-likeness (QED) is 0.891. The van der Waals surface area contributed by atoms with Crippen LogP contribution in [0.2, 0.25) is 0 Å². The number of amides is 1. The minimum atomic E-state index is -0.0998. The minimum absolute atomic E-state index is 0.0969. The number of benzene rings is 1. The highest BCUT2D eigenvalue weighted by atomic mass is 16.5. The van der Waals surface area contributed by atoms with Crippen molar-refractivity contribution >= 4 is 11.6 Å². The zero-order valence-corrected chi connectivity index (χ0v) is 12.5. The van der Waals surface area contributed by atoms with E-state index in [9.17, 15) is 4.79 Å². The van der Waals surface area contributed by atoms with Gasteiger partial charge in [0.25, 0.3) is 5.91 Å². The molecule has 1 amide bonds. The molecule has 3 rings (SSSR count). The van der Waals surface area contributed by atoms with Crippen molar-refractivity contribution in [1.29, 1.82) is 0 Å². The molecule has 0 aliphatic carbocycles. The number of hydrogen-bond acceptors (Lipinski definition) is 4. The summed E-state index contributed by atoms with van der Waals surface area (Å²) in [5.41, 5.74) is 1.90. The van der Waals surface area contributed by atoms with E-state index < -0.39 is 0 Å². The number of anilines is 1. The van der Waals surface area contributed by atoms with Gasteiger partial charge in [0.2, 0.25) is 0 Å². The number of rotatable bonds is 4. The first-order valence-corrected chi connectivity index (χ1v) is 7.55. The summed E-state index contributed by atoms with van der Waals surface area (Å²) in [6.45, 7) is 6.18. The van der Waals surface area contributed by atoms with Crippen LogP contribution in [0, 0.1) is 5.92 Å². The highest BCUT2D eigenvalue weighted by Crippen LogP contribution is 2.30. The maximum atomic E-state index is 11.4. The summed E-state index contributed by atoms with van der Waals surface area (Å²) in [5, 5.41) is 6.40. The average Bonchev–Trinajstić information content (AvgIpc) is 2.89. The maximum absolute atomic E-state index is 11.4. The molecule has 0 saturated carbocycles. The molecular formula is C16H22N2O3. The van der Waals surface area contributed by atoms with Crippen molar-refractivity contribution in [3.63, 3.8) is 0 Å². The van der Waals surface area contributed by atoms with Gasteiger partial charge >= 0.3 is 0 Å². The Labute approximate surface area is 125 Å². The lowest BCUT2D eigenvalue weighted by Gasteiger charge is -2.22. The molecule has 3 unspecified atom stereocenters. The second-order valence-electron chi connectivity index (χ2n) is 5.85. The molecule has 3 atom stereocenters. The van der Waals surface area contributed by atoms with E-state index in [1.807, 2.05) is 18.2 Å². The molecule has 2 heterocycles. The van der Waals surface area contributed by atoms with Crippen LogP contribution in [0.3, 0.4) is 0 Å². The van der Waals surface area contributed by atoms with E-state index in [0.717, 1.165) is 36.6 Å². The third-order valence-corrected chi connectivity index (χ3v) is 4.36. The van der Waals surface area contributed by atoms with Crippen LogP contribution in [0.15, 0.2) is 18.2 Å². The molecule has 1 aromatic rings. The molecule has 5 heteroatoms. The van der Waals surface area contributed by atoms with Crippen LogP contribution >= 0.6 is 0 Å². The van der Waals surface area contributed by atoms with Gasteiger partial charge in [0.15, 0.2) is 6.61 Å². The molecular weight excluding hydrogens is 268 g/mol. The van der Waals surface area contributed by atoms with Crippen LogP contribution in [0.5, 0.6) is 5.75 Å². The number of carbonyl (C=O) groups is 1. The van der Waals surface area contributed by atoms with Gasteiger partial charge in [-0.3, -0.25) is 4.79 Å². The van der Waals surface area contributed by atoms with E-state index in [4.69, 9.17) is 9.47 Å². The highest BCUT2D eigenvalue weighted by molar-refractivity contribution is 5.95. The molecule has 2 aliphatic rings. The second-order valence-corrected chi connectivity index (χ2v) is 5.85. The van der Waals surface area contributed by atoms with Crippen LogP contribution in [0.1, 0.15) is 31.9 Å². The smallest absolute Gasteiger partial charge is 0.262 e. The van der Waals surface area contributed by atoms with Crippen LogP contribution in [0.4, 0.5) is 5.69 Å². The first-order valence-electron chi connectivity index (χ1n) is 7.55. The predicted octanol–water partition coefficient (Wildman–Crippen LogP) is 2.09. The molecule has 1 aromatic carbocycles. The fourth-order valence-electron chi connectivity index (χ4n) is 2.86. The average molecular weight is 290 g/mol. The molecule has 1 saturated heterocycles. The Morgan fingerprint density at radius 3 is 3.10 bits per heavy atom. The molecule has 21 heavy (non-hydrogen) atoms. The molecule has 1 fully saturated rings. The lowest BCUT2D eigenvalue weighted by Crippen LogP contribution is -2.29. The van der Waals surface area contributed by atoms with Crippen LogP contribution in [0.25, 0.3) is 0 Å². The Kier molecular flexibility index (Phi) is 4.12. The molecule has 0 aromatic heterocycles. The molecule has 5 nitrogen and oxygen atoms in total. The number of fused-ring (bicyclic) bond motifs is 1. The van der Waals surface area contributed by atoms with Crippen molar-refractivity contribution < 1.29 is 14.3 Å². The summed E-state index contributed by atoms with van der Waals surface area (Å²) in [5.74, 6) is 1.22. The van der Waals surface area contributed by atoms with Gasteiger partial charge in [-0.15, -0.1) is 0 Å². The number of ether oxygens (including phenoxy) is 2. The third-order valence-electron chi connectivity index (χ3n) is 4.36. The molecule has 0 bridgehead atoms. The fourth-order valence-corrected chi connectivity index (χ4v) is 2.86. The van der Waals surface area contributed by atoms with Gasteiger partial charge in [0.1, 0.15) is 5.75 Å². The zero-order chi connectivity index (χ0) is 14.8. The Bertz CT molecular complexity index is 532. The van der Waals surface area contributed by atoms with Crippen molar-refractivity contribution in [2.24, 2.45) is 5.92 Å². The Morgan fingerprint density at radius 1 is 1.48 bits per heavy atom. The lowest BCUT2D eigenvalue weighted by atomic mass is 10.0. The summed E-state index contributed by atoms with van der Waals surface area (Å²) in [6.07, 6.45) is 1.45. The first kappa shape index (κ1) is 14.4. The summed E-state index contributed by atoms with van der Waals surface area (Å²) >= 11 is 0. The third kappa shape index (κ3) is 3.19. The fraction of sp³-hybridized carbons (Fsp3) is 0.562. The van der Waals surface area contributed by atoms with E-state index in [2.05, 4.69) is 24.5 Å². The summed E-state index contributed by atoms with van der Waals surface area (Å²) in [6, 6.07) is 6.17. The molecule has 0 spiro atoms. The molecule has 114 valence electrons. The molecule has 2 aliphatic heterocycles. The van der Waals surface area contributed by atoms with Crippen molar-refractivity contribution in [3.05, 3.63) is 23.8 Å². The van der Waals surface area contributed by atoms with E-state index in [0.29, 0.717) is 12.0 Å². The van der Waals surface area contributed by atoms with Gasteiger partial charge in [-0.25, -0.2) is 0 Å². The topological polar surface area (TPSA) is 59.6 Å². The van der Waals surface area contributed by atoms with Gasteiger partial charge in [0.05, 0.1) is 11.8 Å². The lowest BCUT2D eigenvalue weighted by molar-refractivity contribution is -0.118. The first-order chi connectivity index (χ1) is 10.1. The van der Waals surface area contributed by atoms with Gasteiger partial charge in [-0.05, 0) is 43.9 Å². The summed E-state index contributed by atoms with van der Waals surface area (Å²) < 4.78 is 11.0. The number of carbonyl (C=O) groups excluding carboxylic acids is 1. The maximum Gasteiger partial charge on any atom is 0.262 e. The molecule has 0 radical (unpaired) electrons. The molecule has 2 N–H and O–H groups in total. The monoisotopic (exact) mass is 290 g/mol. The van der Waals surface area contributed by atoms with Crippen molar-refractivity contribution in [1.82, 2.24) is 5.32 Å². The largest absolute Gasteiger partial charge is 0.482 e. The van der Waals surface area contributed by atoms with Crippen LogP contribution in [-0.2, 0) is 9.53 Å². The standard InChI is InChI=1S/C16H22N2O3/c1-10(17-8-13-5-6-20-11(13)2)12-3-4-15-14(7-12)18-16(19)9-21-15/h3-4,7,10-11,13,17H,5-6,8-9H2,1-2H3,(H,18,19). The Hall–Kier alpha value is -1.59. The van der Waals surface area contributed by atoms with Gasteiger partial charge in [-0.1, -0.05) is 6.07 Å². The summed E-state index contributed by atoms with van der Waals surface area (Å²) in [7, 11) is 0. The van der Waals surface area contributed by atoms with E-state index in [-0.39, 0.29) is 18.6 Å². The minimum Gasteiger partial charge on any atom is -0.482 e. The van der Waals surface area contributed by atoms with Gasteiger partial charge in [0, 0.05) is 19.2 Å². The second kappa shape index (κ2) is 6.03. The van der Waals surface area contributed by atoms with Crippen molar-refractivity contribution in [2.75, 3.05) is 25.1 Å². The van der Waals surface area contributed by atoms with Gasteiger partial charge in [-0.2, -0.15) is 0 Å². The van der Waals surface area contributed by atoms with E-state index >= 15 is 0 Å².